The average Bonchev–Trinajstić information content (AvgIpc) is 3.47. The molecular formula is C75H126O6. The van der Waals surface area contributed by atoms with Gasteiger partial charge in [0.1, 0.15) is 13.2 Å². The van der Waals surface area contributed by atoms with Crippen LogP contribution < -0.4 is 0 Å². The minimum Gasteiger partial charge on any atom is -0.462 e. The Morgan fingerprint density at radius 3 is 0.753 bits per heavy atom. The van der Waals surface area contributed by atoms with Crippen molar-refractivity contribution in [3.63, 3.8) is 0 Å². The van der Waals surface area contributed by atoms with E-state index in [1.165, 1.54) is 148 Å². The quantitative estimate of drug-likeness (QED) is 0.0261. The molecule has 0 amide bonds. The fourth-order valence-electron chi connectivity index (χ4n) is 9.44. The van der Waals surface area contributed by atoms with Gasteiger partial charge in [-0.3, -0.25) is 14.4 Å². The van der Waals surface area contributed by atoms with Crippen LogP contribution in [0.5, 0.6) is 0 Å². The number of allylic oxidation sites excluding steroid dienone is 20. The fraction of sp³-hybridized carbons (Fsp3) is 0.693. The molecule has 0 aliphatic carbocycles. The third-order valence-electron chi connectivity index (χ3n) is 14.5. The third kappa shape index (κ3) is 66.5. The topological polar surface area (TPSA) is 78.9 Å². The predicted octanol–water partition coefficient (Wildman–Crippen LogP) is 23.6. The normalized spacial score (nSPS) is 12.9. The molecule has 81 heavy (non-hydrogen) atoms. The van der Waals surface area contributed by atoms with E-state index in [2.05, 4.69) is 142 Å². The molecule has 6 heteroatoms. The molecule has 0 aromatic rings. The number of ether oxygens (including phenoxy) is 3. The van der Waals surface area contributed by atoms with Crippen LogP contribution in [-0.4, -0.2) is 37.2 Å². The predicted molar refractivity (Wildman–Crippen MR) is 353 cm³/mol. The van der Waals surface area contributed by atoms with Crippen LogP contribution in [0.3, 0.4) is 0 Å². The second-order valence-electron chi connectivity index (χ2n) is 22.3. The van der Waals surface area contributed by atoms with Gasteiger partial charge in [0.25, 0.3) is 0 Å². The number of esters is 3. The molecule has 0 spiro atoms. The zero-order chi connectivity index (χ0) is 58.5. The summed E-state index contributed by atoms with van der Waals surface area (Å²) in [5, 5.41) is 0. The Balaban J connectivity index is 4.28. The van der Waals surface area contributed by atoms with E-state index in [1.807, 2.05) is 0 Å². The van der Waals surface area contributed by atoms with Crippen molar-refractivity contribution in [3.8, 4) is 0 Å². The lowest BCUT2D eigenvalue weighted by atomic mass is 10.0. The Hall–Kier alpha value is -4.19. The van der Waals surface area contributed by atoms with Crippen LogP contribution in [0.4, 0.5) is 0 Å². The van der Waals surface area contributed by atoms with Gasteiger partial charge in [0.05, 0.1) is 0 Å². The van der Waals surface area contributed by atoms with Crippen LogP contribution in [0, 0.1) is 0 Å². The average molecular weight is 1120 g/mol. The highest BCUT2D eigenvalue weighted by atomic mass is 16.6. The minimum absolute atomic E-state index is 0.0801. The molecule has 0 N–H and O–H groups in total. The number of rotatable bonds is 61. The van der Waals surface area contributed by atoms with Crippen molar-refractivity contribution in [2.75, 3.05) is 13.2 Å². The first-order valence-corrected chi connectivity index (χ1v) is 34.0. The Morgan fingerprint density at radius 2 is 0.481 bits per heavy atom. The highest BCUT2D eigenvalue weighted by Gasteiger charge is 2.19. The molecule has 0 saturated carbocycles. The third-order valence-corrected chi connectivity index (χ3v) is 14.5. The Morgan fingerprint density at radius 1 is 0.259 bits per heavy atom. The van der Waals surface area contributed by atoms with Crippen molar-refractivity contribution in [2.45, 2.75) is 322 Å². The van der Waals surface area contributed by atoms with Crippen LogP contribution in [-0.2, 0) is 28.6 Å². The van der Waals surface area contributed by atoms with Crippen molar-refractivity contribution in [1.29, 1.82) is 0 Å². The first-order chi connectivity index (χ1) is 40.0. The molecule has 1 unspecified atom stereocenters. The van der Waals surface area contributed by atoms with Gasteiger partial charge in [0, 0.05) is 19.3 Å². The van der Waals surface area contributed by atoms with E-state index >= 15 is 0 Å². The Kier molecular flexibility index (Phi) is 64.8. The lowest BCUT2D eigenvalue weighted by molar-refractivity contribution is -0.167. The summed E-state index contributed by atoms with van der Waals surface area (Å²) in [6, 6.07) is 0. The van der Waals surface area contributed by atoms with Crippen LogP contribution in [0.15, 0.2) is 122 Å². The summed E-state index contributed by atoms with van der Waals surface area (Å²) in [4.78, 5) is 38.4. The maximum absolute atomic E-state index is 12.9. The van der Waals surface area contributed by atoms with Crippen molar-refractivity contribution in [2.24, 2.45) is 0 Å². The summed E-state index contributed by atoms with van der Waals surface area (Å²) in [5.41, 5.74) is 0. The van der Waals surface area contributed by atoms with E-state index in [9.17, 15) is 14.4 Å². The number of unbranched alkanes of at least 4 members (excludes halogenated alkanes) is 30. The molecule has 0 aromatic heterocycles. The second-order valence-corrected chi connectivity index (χ2v) is 22.3. The minimum atomic E-state index is -0.785. The van der Waals surface area contributed by atoms with Crippen LogP contribution in [0.2, 0.25) is 0 Å². The number of carbonyl (C=O) groups is 3. The summed E-state index contributed by atoms with van der Waals surface area (Å²) in [6.07, 6.45) is 95.0. The number of hydrogen-bond acceptors (Lipinski definition) is 6. The molecule has 6 nitrogen and oxygen atoms in total. The van der Waals surface area contributed by atoms with Crippen molar-refractivity contribution >= 4 is 17.9 Å². The number of hydrogen-bond donors (Lipinski definition) is 0. The van der Waals surface area contributed by atoms with Crippen molar-refractivity contribution in [1.82, 2.24) is 0 Å². The van der Waals surface area contributed by atoms with E-state index in [1.54, 1.807) is 0 Å². The number of carbonyl (C=O) groups excluding carboxylic acids is 3. The molecule has 1 atom stereocenters. The Labute approximate surface area is 501 Å². The molecule has 0 radical (unpaired) electrons. The summed E-state index contributed by atoms with van der Waals surface area (Å²) < 4.78 is 16.9. The van der Waals surface area contributed by atoms with Gasteiger partial charge in [-0.15, -0.1) is 0 Å². The smallest absolute Gasteiger partial charge is 0.306 e. The molecule has 0 aromatic carbocycles. The van der Waals surface area contributed by atoms with E-state index in [4.69, 9.17) is 14.2 Å². The molecular weight excluding hydrogens is 997 g/mol. The summed E-state index contributed by atoms with van der Waals surface area (Å²) in [6.45, 7) is 6.42. The molecule has 0 bridgehead atoms. The molecule has 0 fully saturated rings. The standard InChI is InChI=1S/C75H126O6/c1-4-7-10-13-16-19-22-24-26-28-30-32-34-36-37-39-40-42-44-46-48-50-53-56-59-62-65-68-74(77)80-71-72(70-79-73(76)67-64-61-58-55-52-21-18-15-12-9-6-3)81-75(78)69-66-63-60-57-54-51-49-47-45-43-41-38-35-33-31-29-27-25-23-20-17-14-11-8-5-2/h7-8,10-11,16-17,19-20,24-27,30-33,36-37,40,42,72H,4-6,9,12-15,18,21-23,28-29,34-35,38-39,41,43-71H2,1-3H3/b10-7-,11-8-,19-16-,20-17-,26-24-,27-25-,32-30-,33-31-,37-36-,42-40-. The highest BCUT2D eigenvalue weighted by molar-refractivity contribution is 5.71. The van der Waals surface area contributed by atoms with Gasteiger partial charge in [0.2, 0.25) is 0 Å². The maximum atomic E-state index is 12.9. The van der Waals surface area contributed by atoms with Gasteiger partial charge in [-0.25, -0.2) is 0 Å². The zero-order valence-corrected chi connectivity index (χ0v) is 53.0. The lowest BCUT2D eigenvalue weighted by Crippen LogP contribution is -2.30. The molecule has 0 saturated heterocycles. The molecule has 0 aliphatic rings. The second kappa shape index (κ2) is 68.3. The van der Waals surface area contributed by atoms with E-state index in [-0.39, 0.29) is 31.1 Å². The fourth-order valence-corrected chi connectivity index (χ4v) is 9.44. The highest BCUT2D eigenvalue weighted by Crippen LogP contribution is 2.17. The molecule has 0 aliphatic heterocycles. The SMILES string of the molecule is CC/C=C\C/C=C\C/C=C\C/C=C\C/C=C\C/C=C\CCCCCCCCCCC(=O)OCC(COC(=O)CCCCCCCCCCCCC)OC(=O)CCCCCCCCCCCCCC/C=C\C/C=C\C/C=C\C/C=C\CC. The first-order valence-electron chi connectivity index (χ1n) is 34.0. The van der Waals surface area contributed by atoms with Crippen LogP contribution in [0.25, 0.3) is 0 Å². The van der Waals surface area contributed by atoms with E-state index in [0.29, 0.717) is 19.3 Å². The van der Waals surface area contributed by atoms with Gasteiger partial charge in [-0.2, -0.15) is 0 Å². The Bertz CT molecular complexity index is 1670. The first kappa shape index (κ1) is 76.8. The van der Waals surface area contributed by atoms with Gasteiger partial charge in [-0.05, 0) is 109 Å². The summed E-state index contributed by atoms with van der Waals surface area (Å²) in [7, 11) is 0. The maximum Gasteiger partial charge on any atom is 0.306 e. The molecule has 0 heterocycles. The molecule has 0 rings (SSSR count). The van der Waals surface area contributed by atoms with Crippen molar-refractivity contribution < 1.29 is 28.6 Å². The van der Waals surface area contributed by atoms with Gasteiger partial charge < -0.3 is 14.2 Å². The molecule has 462 valence electrons. The van der Waals surface area contributed by atoms with Gasteiger partial charge in [-0.1, -0.05) is 309 Å². The summed E-state index contributed by atoms with van der Waals surface area (Å²) >= 11 is 0. The van der Waals surface area contributed by atoms with Gasteiger partial charge >= 0.3 is 17.9 Å². The van der Waals surface area contributed by atoms with E-state index in [0.717, 1.165) is 128 Å². The largest absolute Gasteiger partial charge is 0.462 e. The monoisotopic (exact) mass is 1120 g/mol. The summed E-state index contributed by atoms with van der Waals surface area (Å²) in [5.74, 6) is -0.882. The van der Waals surface area contributed by atoms with Crippen LogP contribution >= 0.6 is 0 Å². The van der Waals surface area contributed by atoms with Crippen molar-refractivity contribution in [3.05, 3.63) is 122 Å². The zero-order valence-electron chi connectivity index (χ0n) is 53.0. The lowest BCUT2D eigenvalue weighted by Gasteiger charge is -2.18. The van der Waals surface area contributed by atoms with E-state index < -0.39 is 6.10 Å². The van der Waals surface area contributed by atoms with Crippen LogP contribution in [0.1, 0.15) is 316 Å². The van der Waals surface area contributed by atoms with Gasteiger partial charge in [0.15, 0.2) is 6.10 Å².